The fraction of sp³-hybridized carbons (Fsp3) is 0.533. The summed E-state index contributed by atoms with van der Waals surface area (Å²) in [4.78, 5) is 11.1. The summed E-state index contributed by atoms with van der Waals surface area (Å²) in [6.07, 6.45) is 1.45. The van der Waals surface area contributed by atoms with Gasteiger partial charge < -0.3 is 5.11 Å². The van der Waals surface area contributed by atoms with Gasteiger partial charge in [0.25, 0.3) is 0 Å². The lowest BCUT2D eigenvalue weighted by Crippen LogP contribution is -2.35. The van der Waals surface area contributed by atoms with Gasteiger partial charge in [-0.3, -0.25) is 4.79 Å². The highest BCUT2D eigenvalue weighted by Gasteiger charge is 2.39. The van der Waals surface area contributed by atoms with Crippen molar-refractivity contribution in [3.8, 4) is 0 Å². The molecule has 1 N–H and O–H groups in total. The van der Waals surface area contributed by atoms with Gasteiger partial charge in [0.15, 0.2) is 0 Å². The largest absolute Gasteiger partial charge is 0.481 e. The minimum absolute atomic E-state index is 0.0368. The van der Waals surface area contributed by atoms with Crippen molar-refractivity contribution in [3.05, 3.63) is 28.8 Å². The summed E-state index contributed by atoms with van der Waals surface area (Å²) in [5, 5.41) is 8.82. The Bertz CT molecular complexity index is 639. The van der Waals surface area contributed by atoms with Crippen LogP contribution in [0.5, 0.6) is 0 Å². The number of carbonyl (C=O) groups is 1. The van der Waals surface area contributed by atoms with Crippen LogP contribution in [0.2, 0.25) is 0 Å². The van der Waals surface area contributed by atoms with E-state index in [0.29, 0.717) is 16.0 Å². The molecule has 1 aliphatic rings. The molecular formula is C15H21NO4S. The first kappa shape index (κ1) is 16.0. The van der Waals surface area contributed by atoms with Crippen LogP contribution in [0.4, 0.5) is 0 Å². The molecule has 0 heterocycles. The minimum atomic E-state index is -3.64. The van der Waals surface area contributed by atoms with E-state index in [1.807, 2.05) is 19.1 Å². The lowest BCUT2D eigenvalue weighted by Gasteiger charge is -2.23. The normalized spacial score (nSPS) is 15.4. The number of nitrogens with zero attached hydrogens (tertiary/aromatic N) is 1. The highest BCUT2D eigenvalue weighted by atomic mass is 32.2. The van der Waals surface area contributed by atoms with E-state index in [1.165, 1.54) is 4.31 Å². The van der Waals surface area contributed by atoms with E-state index in [-0.39, 0.29) is 19.0 Å². The number of hydrogen-bond donors (Lipinski definition) is 1. The van der Waals surface area contributed by atoms with Gasteiger partial charge in [-0.25, -0.2) is 8.42 Å². The molecule has 0 amide bonds. The maximum absolute atomic E-state index is 12.9. The third-order valence-electron chi connectivity index (χ3n) is 3.67. The minimum Gasteiger partial charge on any atom is -0.481 e. The standard InChI is InChI=1S/C15H21NO4S/c1-10-8-11(2)15(12(3)9-10)21(19,20)16(13-4-5-13)7-6-14(17)18/h8-9,13H,4-7H2,1-3H3,(H,17,18). The van der Waals surface area contributed by atoms with Gasteiger partial charge in [0.2, 0.25) is 10.0 Å². The Morgan fingerprint density at radius 2 is 1.76 bits per heavy atom. The molecule has 0 radical (unpaired) electrons. The van der Waals surface area contributed by atoms with Crippen LogP contribution < -0.4 is 0 Å². The van der Waals surface area contributed by atoms with Crippen molar-refractivity contribution in [2.45, 2.75) is 51.0 Å². The molecule has 1 saturated carbocycles. The first-order valence-corrected chi connectivity index (χ1v) is 8.49. The van der Waals surface area contributed by atoms with Crippen molar-refractivity contribution >= 4 is 16.0 Å². The number of aliphatic carboxylic acids is 1. The van der Waals surface area contributed by atoms with Crippen LogP contribution in [-0.2, 0) is 14.8 Å². The zero-order valence-corrected chi connectivity index (χ0v) is 13.4. The quantitative estimate of drug-likeness (QED) is 0.874. The first-order chi connectivity index (χ1) is 9.73. The summed E-state index contributed by atoms with van der Waals surface area (Å²) in [5.74, 6) is -0.979. The number of carboxylic acids is 1. The molecule has 1 aliphatic carbocycles. The summed E-state index contributed by atoms with van der Waals surface area (Å²) in [5.41, 5.74) is 2.45. The van der Waals surface area contributed by atoms with Gasteiger partial charge in [0.05, 0.1) is 11.3 Å². The third kappa shape index (κ3) is 3.44. The van der Waals surface area contributed by atoms with E-state index < -0.39 is 16.0 Å². The van der Waals surface area contributed by atoms with E-state index in [4.69, 9.17) is 5.11 Å². The summed E-state index contributed by atoms with van der Waals surface area (Å²) in [6, 6.07) is 3.65. The van der Waals surface area contributed by atoms with Crippen LogP contribution in [0.25, 0.3) is 0 Å². The fourth-order valence-corrected chi connectivity index (χ4v) is 4.86. The Morgan fingerprint density at radius 1 is 1.24 bits per heavy atom. The number of carboxylic acid groups (broad SMARTS) is 1. The highest BCUT2D eigenvalue weighted by Crippen LogP contribution is 2.34. The molecule has 116 valence electrons. The smallest absolute Gasteiger partial charge is 0.304 e. The second kappa shape index (κ2) is 5.77. The fourth-order valence-electron chi connectivity index (χ4n) is 2.76. The van der Waals surface area contributed by atoms with Crippen LogP contribution in [0.1, 0.15) is 36.0 Å². The predicted octanol–water partition coefficient (Wildman–Crippen LogP) is 2.24. The van der Waals surface area contributed by atoms with Crippen molar-refractivity contribution in [3.63, 3.8) is 0 Å². The van der Waals surface area contributed by atoms with Crippen molar-refractivity contribution < 1.29 is 18.3 Å². The van der Waals surface area contributed by atoms with Crippen molar-refractivity contribution in [2.75, 3.05) is 6.54 Å². The monoisotopic (exact) mass is 311 g/mol. The van der Waals surface area contributed by atoms with Gasteiger partial charge in [-0.1, -0.05) is 17.7 Å². The van der Waals surface area contributed by atoms with Crippen LogP contribution >= 0.6 is 0 Å². The first-order valence-electron chi connectivity index (χ1n) is 7.05. The maximum Gasteiger partial charge on any atom is 0.304 e. The summed E-state index contributed by atoms with van der Waals surface area (Å²) in [6.45, 7) is 5.54. The average Bonchev–Trinajstić information content (AvgIpc) is 3.10. The molecule has 0 saturated heterocycles. The highest BCUT2D eigenvalue weighted by molar-refractivity contribution is 7.89. The Balaban J connectivity index is 2.41. The SMILES string of the molecule is Cc1cc(C)c(S(=O)(=O)N(CCC(=O)O)C2CC2)c(C)c1. The van der Waals surface area contributed by atoms with Crippen LogP contribution in [0, 0.1) is 20.8 Å². The molecule has 0 unspecified atom stereocenters. The summed E-state index contributed by atoms with van der Waals surface area (Å²) < 4.78 is 27.2. The van der Waals surface area contributed by atoms with Gasteiger partial charge in [-0.15, -0.1) is 0 Å². The molecular weight excluding hydrogens is 290 g/mol. The average molecular weight is 311 g/mol. The lowest BCUT2D eigenvalue weighted by atomic mass is 10.1. The summed E-state index contributed by atoms with van der Waals surface area (Å²) in [7, 11) is -3.64. The van der Waals surface area contributed by atoms with E-state index in [1.54, 1.807) is 13.8 Å². The van der Waals surface area contributed by atoms with Crippen molar-refractivity contribution in [1.82, 2.24) is 4.31 Å². The lowest BCUT2D eigenvalue weighted by molar-refractivity contribution is -0.137. The van der Waals surface area contributed by atoms with Gasteiger partial charge in [-0.2, -0.15) is 4.31 Å². The molecule has 0 aliphatic heterocycles. The Morgan fingerprint density at radius 3 is 2.19 bits per heavy atom. The van der Waals surface area contributed by atoms with Gasteiger partial charge >= 0.3 is 5.97 Å². The van der Waals surface area contributed by atoms with Crippen LogP contribution in [-0.4, -0.2) is 36.4 Å². The Hall–Kier alpha value is -1.40. The second-order valence-electron chi connectivity index (χ2n) is 5.72. The van der Waals surface area contributed by atoms with E-state index in [0.717, 1.165) is 18.4 Å². The van der Waals surface area contributed by atoms with Crippen molar-refractivity contribution in [1.29, 1.82) is 0 Å². The molecule has 1 aromatic rings. The topological polar surface area (TPSA) is 74.7 Å². The van der Waals surface area contributed by atoms with Crippen LogP contribution in [0.15, 0.2) is 17.0 Å². The van der Waals surface area contributed by atoms with Gasteiger partial charge in [0.1, 0.15) is 0 Å². The molecule has 0 spiro atoms. The van der Waals surface area contributed by atoms with Crippen molar-refractivity contribution in [2.24, 2.45) is 0 Å². The van der Waals surface area contributed by atoms with Gasteiger partial charge in [0, 0.05) is 12.6 Å². The molecule has 1 fully saturated rings. The molecule has 0 atom stereocenters. The number of rotatable bonds is 6. The van der Waals surface area contributed by atoms with E-state index in [2.05, 4.69) is 0 Å². The Labute approximate surface area is 125 Å². The molecule has 0 aromatic heterocycles. The maximum atomic E-state index is 12.9. The zero-order valence-electron chi connectivity index (χ0n) is 12.6. The second-order valence-corrected chi connectivity index (χ2v) is 7.55. The predicted molar refractivity (Wildman–Crippen MR) is 79.8 cm³/mol. The molecule has 0 bridgehead atoms. The molecule has 2 rings (SSSR count). The zero-order chi connectivity index (χ0) is 15.8. The third-order valence-corrected chi connectivity index (χ3v) is 5.93. The van der Waals surface area contributed by atoms with E-state index >= 15 is 0 Å². The number of aryl methyl sites for hydroxylation is 3. The van der Waals surface area contributed by atoms with E-state index in [9.17, 15) is 13.2 Å². The molecule has 5 nitrogen and oxygen atoms in total. The molecule has 1 aromatic carbocycles. The molecule has 6 heteroatoms. The van der Waals surface area contributed by atoms with Gasteiger partial charge in [-0.05, 0) is 44.7 Å². The number of benzene rings is 1. The number of hydrogen-bond acceptors (Lipinski definition) is 3. The number of sulfonamides is 1. The Kier molecular flexibility index (Phi) is 4.39. The molecule has 21 heavy (non-hydrogen) atoms. The summed E-state index contributed by atoms with van der Waals surface area (Å²) >= 11 is 0. The van der Waals surface area contributed by atoms with Crippen LogP contribution in [0.3, 0.4) is 0 Å².